The van der Waals surface area contributed by atoms with Crippen molar-refractivity contribution >= 4 is 5.69 Å². The number of anilines is 1. The van der Waals surface area contributed by atoms with Gasteiger partial charge in [0.1, 0.15) is 5.82 Å². The van der Waals surface area contributed by atoms with Crippen LogP contribution in [0.5, 0.6) is 0 Å². The van der Waals surface area contributed by atoms with E-state index in [4.69, 9.17) is 5.73 Å². The van der Waals surface area contributed by atoms with Gasteiger partial charge < -0.3 is 5.73 Å². The van der Waals surface area contributed by atoms with Gasteiger partial charge in [-0.3, -0.25) is 4.90 Å². The molecule has 1 heterocycles. The molecule has 0 spiro atoms. The average Bonchev–Trinajstić information content (AvgIpc) is 2.35. The topological polar surface area (TPSA) is 29.3 Å². The Labute approximate surface area is 109 Å². The summed E-state index contributed by atoms with van der Waals surface area (Å²) in [5.74, 6) is 0.539. The summed E-state index contributed by atoms with van der Waals surface area (Å²) in [6, 6.07) is 5.32. The van der Waals surface area contributed by atoms with Gasteiger partial charge in [-0.25, -0.2) is 4.39 Å². The van der Waals surface area contributed by atoms with Crippen LogP contribution in [0.1, 0.15) is 38.7 Å². The molecule has 18 heavy (non-hydrogen) atoms. The van der Waals surface area contributed by atoms with Gasteiger partial charge in [0.05, 0.1) is 0 Å². The Kier molecular flexibility index (Phi) is 4.23. The highest BCUT2D eigenvalue weighted by molar-refractivity contribution is 5.46. The van der Waals surface area contributed by atoms with Gasteiger partial charge in [-0.2, -0.15) is 0 Å². The van der Waals surface area contributed by atoms with Crippen molar-refractivity contribution < 1.29 is 4.39 Å². The molecule has 1 aromatic carbocycles. The van der Waals surface area contributed by atoms with Crippen molar-refractivity contribution in [2.24, 2.45) is 5.92 Å². The first kappa shape index (κ1) is 13.3. The van der Waals surface area contributed by atoms with Crippen LogP contribution in [-0.4, -0.2) is 17.5 Å². The van der Waals surface area contributed by atoms with Gasteiger partial charge in [0.25, 0.3) is 0 Å². The van der Waals surface area contributed by atoms with Crippen LogP contribution in [0.2, 0.25) is 0 Å². The molecule has 1 fully saturated rings. The number of benzene rings is 1. The number of nitrogens with zero attached hydrogens (tertiary/aromatic N) is 1. The van der Waals surface area contributed by atoms with Crippen LogP contribution >= 0.6 is 0 Å². The van der Waals surface area contributed by atoms with Crippen LogP contribution < -0.4 is 5.73 Å². The van der Waals surface area contributed by atoms with Gasteiger partial charge in [-0.05, 0) is 43.4 Å². The van der Waals surface area contributed by atoms with Gasteiger partial charge >= 0.3 is 0 Å². The standard InChI is InChI=1S/C15H23FN2/c1-3-12-5-4-11(2)18(9-12)10-13-6-7-14(16)8-15(13)17/h6-8,11-12H,3-5,9-10,17H2,1-2H3. The summed E-state index contributed by atoms with van der Waals surface area (Å²) in [7, 11) is 0. The zero-order valence-corrected chi connectivity index (χ0v) is 11.3. The van der Waals surface area contributed by atoms with E-state index in [2.05, 4.69) is 18.7 Å². The summed E-state index contributed by atoms with van der Waals surface area (Å²) in [5.41, 5.74) is 7.50. The van der Waals surface area contributed by atoms with E-state index in [1.807, 2.05) is 6.07 Å². The molecule has 1 saturated heterocycles. The zero-order chi connectivity index (χ0) is 13.1. The van der Waals surface area contributed by atoms with Crippen molar-refractivity contribution in [3.8, 4) is 0 Å². The molecule has 0 saturated carbocycles. The van der Waals surface area contributed by atoms with E-state index in [-0.39, 0.29) is 5.82 Å². The van der Waals surface area contributed by atoms with Gasteiger partial charge in [-0.15, -0.1) is 0 Å². The smallest absolute Gasteiger partial charge is 0.125 e. The van der Waals surface area contributed by atoms with Crippen LogP contribution in [0.15, 0.2) is 18.2 Å². The molecule has 0 aliphatic carbocycles. The quantitative estimate of drug-likeness (QED) is 0.833. The lowest BCUT2D eigenvalue weighted by Crippen LogP contribution is -2.41. The SMILES string of the molecule is CCC1CCC(C)N(Cc2ccc(F)cc2N)C1. The molecular weight excluding hydrogens is 227 g/mol. The monoisotopic (exact) mass is 250 g/mol. The number of rotatable bonds is 3. The van der Waals surface area contributed by atoms with E-state index in [0.29, 0.717) is 11.7 Å². The first-order valence-electron chi connectivity index (χ1n) is 6.88. The van der Waals surface area contributed by atoms with E-state index in [1.165, 1.54) is 31.4 Å². The molecule has 1 aliphatic rings. The van der Waals surface area contributed by atoms with Gasteiger partial charge in [-0.1, -0.05) is 19.4 Å². The number of hydrogen-bond donors (Lipinski definition) is 1. The van der Waals surface area contributed by atoms with E-state index in [9.17, 15) is 4.39 Å². The summed E-state index contributed by atoms with van der Waals surface area (Å²) in [5, 5.41) is 0. The lowest BCUT2D eigenvalue weighted by molar-refractivity contribution is 0.109. The Hall–Kier alpha value is -1.09. The molecular formula is C15H23FN2. The summed E-state index contributed by atoms with van der Waals surface area (Å²) >= 11 is 0. The molecule has 1 aromatic rings. The normalized spacial score (nSPS) is 25.3. The fourth-order valence-electron chi connectivity index (χ4n) is 2.74. The summed E-state index contributed by atoms with van der Waals surface area (Å²) < 4.78 is 13.0. The third-order valence-corrected chi connectivity index (χ3v) is 4.17. The van der Waals surface area contributed by atoms with Crippen molar-refractivity contribution in [3.05, 3.63) is 29.6 Å². The molecule has 3 heteroatoms. The summed E-state index contributed by atoms with van der Waals surface area (Å²) in [6.07, 6.45) is 3.81. The molecule has 2 atom stereocenters. The van der Waals surface area contributed by atoms with Crippen molar-refractivity contribution in [3.63, 3.8) is 0 Å². The number of nitrogens with two attached hydrogens (primary N) is 1. The third kappa shape index (κ3) is 3.02. The van der Waals surface area contributed by atoms with Gasteiger partial charge in [0, 0.05) is 24.8 Å². The maximum atomic E-state index is 13.0. The molecule has 1 aliphatic heterocycles. The van der Waals surface area contributed by atoms with Gasteiger partial charge in [0.15, 0.2) is 0 Å². The molecule has 2 N–H and O–H groups in total. The Bertz CT molecular complexity index is 405. The minimum atomic E-state index is -0.255. The zero-order valence-electron chi connectivity index (χ0n) is 11.3. The fourth-order valence-corrected chi connectivity index (χ4v) is 2.74. The van der Waals surface area contributed by atoms with Crippen LogP contribution in [0.3, 0.4) is 0 Å². The Morgan fingerprint density at radius 2 is 2.17 bits per heavy atom. The Balaban J connectivity index is 2.07. The van der Waals surface area contributed by atoms with Gasteiger partial charge in [0.2, 0.25) is 0 Å². The number of hydrogen-bond acceptors (Lipinski definition) is 2. The minimum Gasteiger partial charge on any atom is -0.398 e. The highest BCUT2D eigenvalue weighted by Crippen LogP contribution is 2.26. The summed E-state index contributed by atoms with van der Waals surface area (Å²) in [4.78, 5) is 2.47. The lowest BCUT2D eigenvalue weighted by atomic mass is 9.91. The number of halogens is 1. The van der Waals surface area contributed by atoms with Crippen LogP contribution in [-0.2, 0) is 6.54 Å². The largest absolute Gasteiger partial charge is 0.398 e. The number of nitrogen functional groups attached to an aromatic ring is 1. The molecule has 0 amide bonds. The lowest BCUT2D eigenvalue weighted by Gasteiger charge is -2.38. The first-order valence-corrected chi connectivity index (χ1v) is 6.88. The Morgan fingerprint density at radius 1 is 1.39 bits per heavy atom. The highest BCUT2D eigenvalue weighted by atomic mass is 19.1. The van der Waals surface area contributed by atoms with E-state index in [1.54, 1.807) is 0 Å². The minimum absolute atomic E-state index is 0.255. The van der Waals surface area contributed by atoms with Crippen molar-refractivity contribution in [2.75, 3.05) is 12.3 Å². The van der Waals surface area contributed by atoms with Crippen LogP contribution in [0.25, 0.3) is 0 Å². The molecule has 0 radical (unpaired) electrons. The van der Waals surface area contributed by atoms with Crippen molar-refractivity contribution in [2.45, 2.75) is 45.7 Å². The Morgan fingerprint density at radius 3 is 2.83 bits per heavy atom. The summed E-state index contributed by atoms with van der Waals surface area (Å²) in [6.45, 7) is 6.49. The number of likely N-dealkylation sites (tertiary alicyclic amines) is 1. The molecule has 2 rings (SSSR count). The van der Waals surface area contributed by atoms with Crippen molar-refractivity contribution in [1.29, 1.82) is 0 Å². The molecule has 2 nitrogen and oxygen atoms in total. The van der Waals surface area contributed by atoms with Crippen LogP contribution in [0.4, 0.5) is 10.1 Å². The molecule has 0 aromatic heterocycles. The molecule has 0 bridgehead atoms. The second kappa shape index (κ2) is 5.70. The predicted molar refractivity (Wildman–Crippen MR) is 73.7 cm³/mol. The van der Waals surface area contributed by atoms with Crippen LogP contribution in [0, 0.1) is 11.7 Å². The number of piperidine rings is 1. The van der Waals surface area contributed by atoms with E-state index in [0.717, 1.165) is 24.6 Å². The second-order valence-corrected chi connectivity index (χ2v) is 5.47. The molecule has 2 unspecified atom stereocenters. The fraction of sp³-hybridized carbons (Fsp3) is 0.600. The predicted octanol–water partition coefficient (Wildman–Crippen LogP) is 3.42. The second-order valence-electron chi connectivity index (χ2n) is 5.47. The van der Waals surface area contributed by atoms with E-state index >= 15 is 0 Å². The highest BCUT2D eigenvalue weighted by Gasteiger charge is 2.24. The molecule has 100 valence electrons. The average molecular weight is 250 g/mol. The van der Waals surface area contributed by atoms with E-state index < -0.39 is 0 Å². The third-order valence-electron chi connectivity index (χ3n) is 4.17. The first-order chi connectivity index (χ1) is 8.60. The maximum absolute atomic E-state index is 13.0. The van der Waals surface area contributed by atoms with Crippen molar-refractivity contribution in [1.82, 2.24) is 4.90 Å². The maximum Gasteiger partial charge on any atom is 0.125 e.